The van der Waals surface area contributed by atoms with Gasteiger partial charge >= 0.3 is 0 Å². The molecule has 110 valence electrons. The van der Waals surface area contributed by atoms with Gasteiger partial charge in [-0.1, -0.05) is 5.21 Å². The number of benzene rings is 1. The molecule has 2 aromatic rings. The molecular weight excluding hydrogens is 275 g/mol. The van der Waals surface area contributed by atoms with Crippen molar-refractivity contribution in [2.45, 2.75) is 25.9 Å². The summed E-state index contributed by atoms with van der Waals surface area (Å²) < 4.78 is 19.8. The Bertz CT molecular complexity index is 647. The van der Waals surface area contributed by atoms with Crippen molar-refractivity contribution < 1.29 is 13.9 Å². The number of hydrogen-bond donors (Lipinski definition) is 1. The smallest absolute Gasteiger partial charge is 0.254 e. The molecule has 0 spiro atoms. The molecule has 1 aliphatic heterocycles. The first-order chi connectivity index (χ1) is 10.1. The molecule has 1 atom stereocenters. The van der Waals surface area contributed by atoms with E-state index < -0.39 is 6.10 Å². The van der Waals surface area contributed by atoms with Gasteiger partial charge in [0.2, 0.25) is 0 Å². The molecule has 3 rings (SSSR count). The normalized spacial score (nSPS) is 17.9. The first-order valence-corrected chi connectivity index (χ1v) is 6.76. The molecule has 0 saturated carbocycles. The van der Waals surface area contributed by atoms with Crippen molar-refractivity contribution in [1.29, 1.82) is 0 Å². The Balaban J connectivity index is 1.79. The standard InChI is InChI=1S/C14H15FN4O2/c1-9-13(16-14(20)12-3-2-8-21-12)17-18-19(9)11-6-4-10(15)5-7-11/h4-7,12H,2-3,8H2,1H3,(H,16,20)/t12-/m1/s1. The van der Waals surface area contributed by atoms with E-state index in [1.54, 1.807) is 23.7 Å². The van der Waals surface area contributed by atoms with Crippen LogP contribution in [0.15, 0.2) is 24.3 Å². The number of carbonyl (C=O) groups is 1. The van der Waals surface area contributed by atoms with Gasteiger partial charge in [0.1, 0.15) is 11.9 Å². The van der Waals surface area contributed by atoms with E-state index in [1.807, 2.05) is 0 Å². The number of rotatable bonds is 3. The minimum absolute atomic E-state index is 0.207. The minimum Gasteiger partial charge on any atom is -0.368 e. The van der Waals surface area contributed by atoms with Crippen LogP contribution in [0, 0.1) is 12.7 Å². The van der Waals surface area contributed by atoms with Crippen molar-refractivity contribution >= 4 is 11.7 Å². The minimum atomic E-state index is -0.416. The van der Waals surface area contributed by atoms with Gasteiger partial charge in [-0.2, -0.15) is 0 Å². The zero-order valence-electron chi connectivity index (χ0n) is 11.5. The first-order valence-electron chi connectivity index (χ1n) is 6.76. The summed E-state index contributed by atoms with van der Waals surface area (Å²) in [5, 5.41) is 10.7. The fourth-order valence-electron chi connectivity index (χ4n) is 2.25. The fourth-order valence-corrected chi connectivity index (χ4v) is 2.25. The number of nitrogens with one attached hydrogen (secondary N) is 1. The van der Waals surface area contributed by atoms with Crippen LogP contribution in [0.3, 0.4) is 0 Å². The van der Waals surface area contributed by atoms with Gasteiger partial charge in [0.15, 0.2) is 5.82 Å². The van der Waals surface area contributed by atoms with Crippen LogP contribution < -0.4 is 5.32 Å². The molecule has 1 N–H and O–H groups in total. The molecule has 1 aliphatic rings. The summed E-state index contributed by atoms with van der Waals surface area (Å²) in [4.78, 5) is 12.0. The second-order valence-corrected chi connectivity index (χ2v) is 4.90. The third-order valence-electron chi connectivity index (χ3n) is 3.43. The fraction of sp³-hybridized carbons (Fsp3) is 0.357. The average molecular weight is 290 g/mol. The van der Waals surface area contributed by atoms with Crippen LogP contribution in [0.2, 0.25) is 0 Å². The molecule has 0 bridgehead atoms. The Kier molecular flexibility index (Phi) is 3.66. The number of aromatic nitrogens is 3. The van der Waals surface area contributed by atoms with E-state index in [0.717, 1.165) is 12.8 Å². The van der Waals surface area contributed by atoms with Gasteiger partial charge in [-0.15, -0.1) is 5.10 Å². The van der Waals surface area contributed by atoms with Gasteiger partial charge in [-0.05, 0) is 44.0 Å². The highest BCUT2D eigenvalue weighted by atomic mass is 19.1. The van der Waals surface area contributed by atoms with Crippen LogP contribution in [0.4, 0.5) is 10.2 Å². The van der Waals surface area contributed by atoms with Gasteiger partial charge in [0.05, 0.1) is 11.4 Å². The monoisotopic (exact) mass is 290 g/mol. The predicted molar refractivity (Wildman–Crippen MR) is 73.7 cm³/mol. The zero-order chi connectivity index (χ0) is 14.8. The number of carbonyl (C=O) groups excluding carboxylic acids is 1. The maximum absolute atomic E-state index is 12.9. The van der Waals surface area contributed by atoms with Crippen LogP contribution in [0.5, 0.6) is 0 Å². The SMILES string of the molecule is Cc1c(NC(=O)[C@H]2CCCO2)nnn1-c1ccc(F)cc1. The van der Waals surface area contributed by atoms with Gasteiger partial charge in [-0.3, -0.25) is 4.79 Å². The van der Waals surface area contributed by atoms with E-state index >= 15 is 0 Å². The molecule has 0 unspecified atom stereocenters. The topological polar surface area (TPSA) is 69.0 Å². The number of amides is 1. The quantitative estimate of drug-likeness (QED) is 0.936. The number of anilines is 1. The van der Waals surface area contributed by atoms with Crippen LogP contribution in [0.1, 0.15) is 18.5 Å². The second-order valence-electron chi connectivity index (χ2n) is 4.90. The summed E-state index contributed by atoms with van der Waals surface area (Å²) in [7, 11) is 0. The lowest BCUT2D eigenvalue weighted by atomic mass is 10.2. The summed E-state index contributed by atoms with van der Waals surface area (Å²) >= 11 is 0. The van der Waals surface area contributed by atoms with Crippen molar-refractivity contribution in [2.24, 2.45) is 0 Å². The van der Waals surface area contributed by atoms with Gasteiger partial charge in [-0.25, -0.2) is 9.07 Å². The van der Waals surface area contributed by atoms with Crippen molar-refractivity contribution in [3.63, 3.8) is 0 Å². The van der Waals surface area contributed by atoms with Crippen LogP contribution in [0.25, 0.3) is 5.69 Å². The van der Waals surface area contributed by atoms with E-state index in [2.05, 4.69) is 15.6 Å². The van der Waals surface area contributed by atoms with Crippen LogP contribution in [-0.2, 0) is 9.53 Å². The van der Waals surface area contributed by atoms with Gasteiger partial charge < -0.3 is 10.1 Å². The average Bonchev–Trinajstić information content (AvgIpc) is 3.11. The van der Waals surface area contributed by atoms with Gasteiger partial charge in [0, 0.05) is 6.61 Å². The Morgan fingerprint density at radius 3 is 2.86 bits per heavy atom. The maximum atomic E-state index is 12.9. The number of ether oxygens (including phenoxy) is 1. The van der Waals surface area contributed by atoms with E-state index in [0.29, 0.717) is 23.8 Å². The van der Waals surface area contributed by atoms with Crippen LogP contribution >= 0.6 is 0 Å². The molecule has 0 radical (unpaired) electrons. The van der Waals surface area contributed by atoms with E-state index in [4.69, 9.17) is 4.74 Å². The van der Waals surface area contributed by atoms with E-state index in [-0.39, 0.29) is 11.7 Å². The summed E-state index contributed by atoms with van der Waals surface area (Å²) in [5.41, 5.74) is 1.35. The molecular formula is C14H15FN4O2. The lowest BCUT2D eigenvalue weighted by molar-refractivity contribution is -0.124. The molecule has 1 fully saturated rings. The molecule has 0 aliphatic carbocycles. The molecule has 1 aromatic carbocycles. The number of halogens is 1. The molecule has 7 heteroatoms. The third-order valence-corrected chi connectivity index (χ3v) is 3.43. The number of nitrogens with zero attached hydrogens (tertiary/aromatic N) is 3. The largest absolute Gasteiger partial charge is 0.368 e. The Morgan fingerprint density at radius 2 is 2.19 bits per heavy atom. The van der Waals surface area contributed by atoms with Crippen LogP contribution in [-0.4, -0.2) is 33.6 Å². The summed E-state index contributed by atoms with van der Waals surface area (Å²) in [6, 6.07) is 5.90. The maximum Gasteiger partial charge on any atom is 0.254 e. The van der Waals surface area contributed by atoms with E-state index in [9.17, 15) is 9.18 Å². The molecule has 1 aromatic heterocycles. The Labute approximate surface area is 120 Å². The molecule has 21 heavy (non-hydrogen) atoms. The Morgan fingerprint density at radius 1 is 1.43 bits per heavy atom. The summed E-state index contributed by atoms with van der Waals surface area (Å²) in [6.45, 7) is 2.40. The second kappa shape index (κ2) is 5.61. The lowest BCUT2D eigenvalue weighted by Gasteiger charge is -2.09. The van der Waals surface area contributed by atoms with Crippen molar-refractivity contribution in [2.75, 3.05) is 11.9 Å². The number of hydrogen-bond acceptors (Lipinski definition) is 4. The van der Waals surface area contributed by atoms with Gasteiger partial charge in [0.25, 0.3) is 5.91 Å². The Hall–Kier alpha value is -2.28. The highest BCUT2D eigenvalue weighted by molar-refractivity contribution is 5.93. The molecule has 2 heterocycles. The van der Waals surface area contributed by atoms with Crippen molar-refractivity contribution in [1.82, 2.24) is 15.0 Å². The molecule has 1 amide bonds. The summed E-state index contributed by atoms with van der Waals surface area (Å²) in [6.07, 6.45) is 1.19. The zero-order valence-corrected chi connectivity index (χ0v) is 11.5. The molecule has 6 nitrogen and oxygen atoms in total. The first kappa shape index (κ1) is 13.7. The highest BCUT2D eigenvalue weighted by Crippen LogP contribution is 2.18. The third kappa shape index (κ3) is 2.78. The summed E-state index contributed by atoms with van der Waals surface area (Å²) in [5.74, 6) is -0.134. The molecule has 1 saturated heterocycles. The highest BCUT2D eigenvalue weighted by Gasteiger charge is 2.25. The van der Waals surface area contributed by atoms with E-state index in [1.165, 1.54) is 12.1 Å². The predicted octanol–water partition coefficient (Wildman–Crippen LogP) is 1.83. The van der Waals surface area contributed by atoms with Crippen molar-refractivity contribution in [3.05, 3.63) is 35.8 Å². The van der Waals surface area contributed by atoms with Crippen molar-refractivity contribution in [3.8, 4) is 5.69 Å². The lowest BCUT2D eigenvalue weighted by Crippen LogP contribution is -2.27.